The fourth-order valence-corrected chi connectivity index (χ4v) is 3.25. The van der Waals surface area contributed by atoms with Crippen molar-refractivity contribution < 1.29 is 0 Å². The smallest absolute Gasteiger partial charge is 0.0417 e. The molecule has 0 aliphatic rings. The number of hydrogen-bond acceptors (Lipinski definition) is 0. The lowest BCUT2D eigenvalue weighted by Gasteiger charge is -2.17. The second-order valence-electron chi connectivity index (χ2n) is 7.75. The zero-order valence-electron chi connectivity index (χ0n) is 24.6. The fraction of sp³-hybridized carbons (Fsp3) is 1.00. The summed E-state index contributed by atoms with van der Waals surface area (Å²) in [6.45, 7) is 28.1. The third-order valence-corrected chi connectivity index (χ3v) is 5.46. The molecule has 3 unspecified atom stereocenters. The van der Waals surface area contributed by atoms with Crippen LogP contribution in [0.5, 0.6) is 0 Å². The maximum Gasteiger partial charge on any atom is -0.0417 e. The first-order valence-electron chi connectivity index (χ1n) is 14.1. The predicted octanol–water partition coefficient (Wildman–Crippen LogP) is 14.1. The van der Waals surface area contributed by atoms with Crippen LogP contribution in [0.25, 0.3) is 0 Å². The molecule has 0 N–H and O–H groups in total. The van der Waals surface area contributed by atoms with Crippen LogP contribution in [0, 0.1) is 17.8 Å². The molecule has 0 aromatic rings. The highest BCUT2D eigenvalue weighted by Crippen LogP contribution is 2.24. The summed E-state index contributed by atoms with van der Waals surface area (Å²) in [6, 6.07) is 0. The van der Waals surface area contributed by atoms with E-state index in [4.69, 9.17) is 0 Å². The fourth-order valence-electron chi connectivity index (χ4n) is 3.25. The lowest BCUT2D eigenvalue weighted by Crippen LogP contribution is -2.02. The highest BCUT2D eigenvalue weighted by Gasteiger charge is 2.09. The second kappa shape index (κ2) is 63.7. The van der Waals surface area contributed by atoms with Crippen molar-refractivity contribution in [1.82, 2.24) is 0 Å². The minimum atomic E-state index is 0. The Morgan fingerprint density at radius 2 is 0.727 bits per heavy atom. The molecule has 0 aliphatic carbocycles. The summed E-state index contributed by atoms with van der Waals surface area (Å²) in [7, 11) is 0. The monoisotopic (exact) mass is 499 g/mol. The quantitative estimate of drug-likeness (QED) is 0.165. The van der Waals surface area contributed by atoms with Gasteiger partial charge in [-0.1, -0.05) is 196 Å². The molecule has 0 aliphatic heterocycles. The Kier molecular flexibility index (Phi) is 114. The van der Waals surface area contributed by atoms with E-state index in [2.05, 4.69) is 48.5 Å². The van der Waals surface area contributed by atoms with Crippen LogP contribution in [0.1, 0.15) is 196 Å². The zero-order valence-corrected chi connectivity index (χ0v) is 26.0. The Balaban J connectivity index is -0.0000000557. The van der Waals surface area contributed by atoms with Crippen LogP contribution < -0.4 is 0 Å². The van der Waals surface area contributed by atoms with Gasteiger partial charge in [0, 0.05) is 0 Å². The van der Waals surface area contributed by atoms with Crippen LogP contribution in [0.4, 0.5) is 0 Å². The second-order valence-corrected chi connectivity index (χ2v) is 7.75. The van der Waals surface area contributed by atoms with Crippen molar-refractivity contribution >= 4 is 9.90 Å². The molecule has 0 amide bonds. The van der Waals surface area contributed by atoms with E-state index < -0.39 is 0 Å². The molecule has 1 heteroatoms. The molecule has 0 aromatic heterocycles. The molecule has 3 atom stereocenters. The van der Waals surface area contributed by atoms with Crippen LogP contribution in [-0.4, -0.2) is 0 Å². The number of rotatable bonds is 14. The first kappa shape index (κ1) is 58.9. The molecule has 0 aromatic carbocycles. The van der Waals surface area contributed by atoms with Crippen molar-refractivity contribution in [2.75, 3.05) is 0 Å². The van der Waals surface area contributed by atoms with Gasteiger partial charge in [-0.25, -0.2) is 0 Å². The van der Waals surface area contributed by atoms with Crippen LogP contribution >= 0.6 is 9.90 Å². The van der Waals surface area contributed by atoms with Gasteiger partial charge in [0.2, 0.25) is 0 Å². The van der Waals surface area contributed by atoms with E-state index in [0.717, 1.165) is 17.8 Å². The van der Waals surface area contributed by atoms with Crippen LogP contribution in [0.15, 0.2) is 0 Å². The SMILES string of the molecule is C.C.C.CC.CC.CC.CCC.CCC(C)CCCCCC(CC)CCCC(CC)CC.P. The van der Waals surface area contributed by atoms with E-state index in [9.17, 15) is 0 Å². The zero-order chi connectivity index (χ0) is 23.9. The van der Waals surface area contributed by atoms with Crippen LogP contribution in [0.2, 0.25) is 0 Å². The lowest BCUT2D eigenvalue weighted by atomic mass is 9.89. The average Bonchev–Trinajstić information content (AvgIpc) is 2.79. The van der Waals surface area contributed by atoms with Crippen molar-refractivity contribution in [2.45, 2.75) is 196 Å². The Hall–Kier alpha value is 0.430. The van der Waals surface area contributed by atoms with Gasteiger partial charge in [0.25, 0.3) is 0 Å². The molecule has 0 radical (unpaired) electrons. The van der Waals surface area contributed by atoms with Crippen molar-refractivity contribution in [3.05, 3.63) is 0 Å². The van der Waals surface area contributed by atoms with Gasteiger partial charge in [0.05, 0.1) is 0 Å². The van der Waals surface area contributed by atoms with Crippen molar-refractivity contribution in [3.8, 4) is 0 Å². The Bertz CT molecular complexity index is 199. The molecule has 0 rings (SSSR count). The number of unbranched alkanes of at least 4 members (excludes halogenated alkanes) is 2. The summed E-state index contributed by atoms with van der Waals surface area (Å²) in [6.07, 6.45) is 18.5. The van der Waals surface area contributed by atoms with Crippen LogP contribution in [0.3, 0.4) is 0 Å². The summed E-state index contributed by atoms with van der Waals surface area (Å²) in [5.41, 5.74) is 0. The summed E-state index contributed by atoms with van der Waals surface area (Å²) in [5.74, 6) is 2.94. The number of hydrogen-bond donors (Lipinski definition) is 0. The van der Waals surface area contributed by atoms with E-state index in [-0.39, 0.29) is 32.2 Å². The molecular weight excluding hydrogens is 415 g/mol. The van der Waals surface area contributed by atoms with Gasteiger partial charge in [0.1, 0.15) is 0 Å². The Labute approximate surface area is 223 Å². The third-order valence-electron chi connectivity index (χ3n) is 5.46. The van der Waals surface area contributed by atoms with Gasteiger partial charge >= 0.3 is 0 Å². The summed E-state index contributed by atoms with van der Waals surface area (Å²) in [4.78, 5) is 0. The predicted molar refractivity (Wildman–Crippen MR) is 176 cm³/mol. The third kappa shape index (κ3) is 59.7. The van der Waals surface area contributed by atoms with E-state index in [1.807, 2.05) is 41.5 Å². The van der Waals surface area contributed by atoms with Crippen molar-refractivity contribution in [1.29, 1.82) is 0 Å². The van der Waals surface area contributed by atoms with Crippen molar-refractivity contribution in [3.63, 3.8) is 0 Å². The largest absolute Gasteiger partial charge is 0.153 e. The summed E-state index contributed by atoms with van der Waals surface area (Å²) in [5, 5.41) is 0. The molecule has 33 heavy (non-hydrogen) atoms. The van der Waals surface area contributed by atoms with E-state index in [1.165, 1.54) is 83.5 Å². The first-order valence-corrected chi connectivity index (χ1v) is 14.1. The molecule has 0 saturated heterocycles. The average molecular weight is 499 g/mol. The molecule has 0 spiro atoms. The Morgan fingerprint density at radius 1 is 0.424 bits per heavy atom. The van der Waals surface area contributed by atoms with Gasteiger partial charge < -0.3 is 0 Å². The van der Waals surface area contributed by atoms with E-state index in [0.29, 0.717) is 0 Å². The van der Waals surface area contributed by atoms with Crippen molar-refractivity contribution in [2.24, 2.45) is 17.8 Å². The van der Waals surface area contributed by atoms with Gasteiger partial charge in [-0.05, 0) is 17.8 Å². The molecule has 216 valence electrons. The van der Waals surface area contributed by atoms with E-state index >= 15 is 0 Å². The van der Waals surface area contributed by atoms with Gasteiger partial charge in [-0.15, -0.1) is 0 Å². The highest BCUT2D eigenvalue weighted by atomic mass is 31.0. The van der Waals surface area contributed by atoms with Gasteiger partial charge in [0.15, 0.2) is 0 Å². The maximum absolute atomic E-state index is 2.40. The van der Waals surface area contributed by atoms with Gasteiger partial charge in [-0.2, -0.15) is 9.90 Å². The summed E-state index contributed by atoms with van der Waals surface area (Å²) >= 11 is 0. The summed E-state index contributed by atoms with van der Waals surface area (Å²) < 4.78 is 0. The molecular formula is C32H83P. The molecule has 0 fully saturated rings. The topological polar surface area (TPSA) is 0 Å². The standard InChI is InChI=1S/C20H42.C3H8.3C2H6.3CH4.H3P/c1-6-18(5)14-11-10-12-15-20(9-4)17-13-16-19(7-2)8-3;1-3-2;3*1-2;;;;/h18-20H,6-17H2,1-5H3;3H2,1-2H3;3*1-2H3;3*1H4;1H3. The van der Waals surface area contributed by atoms with Gasteiger partial charge in [-0.3, -0.25) is 0 Å². The lowest BCUT2D eigenvalue weighted by molar-refractivity contribution is 0.360. The molecule has 0 nitrogen and oxygen atoms in total. The van der Waals surface area contributed by atoms with E-state index in [1.54, 1.807) is 0 Å². The molecule has 0 heterocycles. The highest BCUT2D eigenvalue weighted by molar-refractivity contribution is 6.92. The van der Waals surface area contributed by atoms with Crippen LogP contribution in [-0.2, 0) is 0 Å². The maximum atomic E-state index is 2.40. The molecule has 0 bridgehead atoms. The first-order chi connectivity index (χ1) is 14.1. The molecule has 0 saturated carbocycles. The normalized spacial score (nSPS) is 10.0. The Morgan fingerprint density at radius 3 is 1.06 bits per heavy atom. The minimum absolute atomic E-state index is 0. The minimum Gasteiger partial charge on any atom is -0.153 e.